The van der Waals surface area contributed by atoms with Gasteiger partial charge >= 0.3 is 0 Å². The fourth-order valence-corrected chi connectivity index (χ4v) is 3.45. The lowest BCUT2D eigenvalue weighted by Crippen LogP contribution is -2.36. The highest BCUT2D eigenvalue weighted by atomic mass is 32.2. The zero-order valence-corrected chi connectivity index (χ0v) is 16.7. The van der Waals surface area contributed by atoms with Crippen molar-refractivity contribution in [2.45, 2.75) is 44.1 Å². The van der Waals surface area contributed by atoms with Crippen molar-refractivity contribution >= 4 is 17.7 Å². The first kappa shape index (κ1) is 19.1. The molecule has 27 heavy (non-hydrogen) atoms. The molecule has 0 fully saturated rings. The van der Waals surface area contributed by atoms with Crippen LogP contribution in [0.3, 0.4) is 0 Å². The Bertz CT molecular complexity index is 906. The molecule has 0 radical (unpaired) electrons. The summed E-state index contributed by atoms with van der Waals surface area (Å²) in [5.74, 6) is 0.708. The number of benzene rings is 1. The first-order chi connectivity index (χ1) is 13.0. The topological polar surface area (TPSA) is 72.7 Å². The first-order valence-electron chi connectivity index (χ1n) is 8.85. The maximum absolute atomic E-state index is 12.3. The first-order valence-corrected chi connectivity index (χ1v) is 9.73. The summed E-state index contributed by atoms with van der Waals surface area (Å²) in [5.41, 5.74) is 3.05. The maximum Gasteiger partial charge on any atom is 0.233 e. The predicted molar refractivity (Wildman–Crippen MR) is 108 cm³/mol. The van der Waals surface area contributed by atoms with E-state index in [0.717, 1.165) is 17.1 Å². The average Bonchev–Trinajstić information content (AvgIpc) is 3.06. The molecule has 3 aromatic rings. The van der Waals surface area contributed by atoms with E-state index in [1.165, 1.54) is 17.3 Å². The summed E-state index contributed by atoms with van der Waals surface area (Å²) in [5, 5.41) is 12.1. The van der Waals surface area contributed by atoms with Gasteiger partial charge in [0, 0.05) is 29.7 Å². The summed E-state index contributed by atoms with van der Waals surface area (Å²) in [7, 11) is 0. The summed E-state index contributed by atoms with van der Waals surface area (Å²) in [6, 6.07) is 12.1. The zero-order chi connectivity index (χ0) is 19.4. The van der Waals surface area contributed by atoms with Crippen LogP contribution < -0.4 is 5.32 Å². The second-order valence-corrected chi connectivity index (χ2v) is 7.94. The Kier molecular flexibility index (Phi) is 5.91. The van der Waals surface area contributed by atoms with Crippen molar-refractivity contribution in [3.63, 3.8) is 0 Å². The molecule has 7 heteroatoms. The Morgan fingerprint density at radius 3 is 2.33 bits per heavy atom. The van der Waals surface area contributed by atoms with Gasteiger partial charge in [0.2, 0.25) is 5.91 Å². The lowest BCUT2D eigenvalue weighted by Gasteiger charge is -2.15. The monoisotopic (exact) mass is 381 g/mol. The quantitative estimate of drug-likeness (QED) is 0.660. The molecule has 0 saturated heterocycles. The molecule has 1 aromatic carbocycles. The molecule has 1 amide bonds. The van der Waals surface area contributed by atoms with Gasteiger partial charge in [0.15, 0.2) is 11.0 Å². The number of hydrogen-bond acceptors (Lipinski definition) is 5. The van der Waals surface area contributed by atoms with Gasteiger partial charge in [0.25, 0.3) is 0 Å². The molecule has 6 nitrogen and oxygen atoms in total. The van der Waals surface area contributed by atoms with Crippen LogP contribution in [-0.2, 0) is 4.79 Å². The smallest absolute Gasteiger partial charge is 0.233 e. The number of carbonyl (C=O) groups excluding carboxylic acids is 1. The zero-order valence-electron chi connectivity index (χ0n) is 15.9. The number of rotatable bonds is 6. The van der Waals surface area contributed by atoms with Gasteiger partial charge in [0.1, 0.15) is 0 Å². The lowest BCUT2D eigenvalue weighted by atomic mass is 10.2. The molecule has 0 aliphatic carbocycles. The molecule has 0 bridgehead atoms. The number of thioether (sulfide) groups is 1. The summed E-state index contributed by atoms with van der Waals surface area (Å²) < 4.78 is 1.98. The summed E-state index contributed by atoms with van der Waals surface area (Å²) >= 11 is 1.40. The van der Waals surface area contributed by atoms with E-state index in [4.69, 9.17) is 0 Å². The minimum atomic E-state index is -0.286. The minimum Gasteiger partial charge on any atom is -0.353 e. The standard InChI is InChI=1S/C20H23N5OS/c1-13(2)22-19(26)15(4)27-20-24-23-18(16-9-11-21-12-10-16)25(20)17-7-5-14(3)6-8-17/h5-13,15H,1-4H3,(H,22,26). The number of aryl methyl sites for hydroxylation is 1. The van der Waals surface area contributed by atoms with Gasteiger partial charge in [-0.05, 0) is 52.0 Å². The number of amides is 1. The van der Waals surface area contributed by atoms with Gasteiger partial charge in [-0.2, -0.15) is 0 Å². The normalized spacial score (nSPS) is 12.2. The predicted octanol–water partition coefficient (Wildman–Crippen LogP) is 3.64. The van der Waals surface area contributed by atoms with E-state index >= 15 is 0 Å². The molecule has 140 valence electrons. The van der Waals surface area contributed by atoms with Crippen LogP contribution >= 0.6 is 11.8 Å². The highest BCUT2D eigenvalue weighted by Gasteiger charge is 2.22. The number of carbonyl (C=O) groups is 1. The number of aromatic nitrogens is 4. The lowest BCUT2D eigenvalue weighted by molar-refractivity contribution is -0.120. The van der Waals surface area contributed by atoms with Crippen LogP contribution in [0, 0.1) is 6.92 Å². The molecule has 0 aliphatic heterocycles. The molecule has 0 saturated carbocycles. The van der Waals surface area contributed by atoms with Crippen molar-refractivity contribution in [1.82, 2.24) is 25.1 Å². The SMILES string of the molecule is Cc1ccc(-n2c(SC(C)C(=O)NC(C)C)nnc2-c2ccncc2)cc1. The Morgan fingerprint density at radius 2 is 1.70 bits per heavy atom. The fraction of sp³-hybridized carbons (Fsp3) is 0.300. The summed E-state index contributed by atoms with van der Waals surface area (Å²) in [6.07, 6.45) is 3.46. The third-order valence-corrected chi connectivity index (χ3v) is 4.99. The van der Waals surface area contributed by atoms with Crippen molar-refractivity contribution in [3.05, 3.63) is 54.4 Å². The third-order valence-electron chi connectivity index (χ3n) is 3.95. The number of nitrogens with zero attached hydrogens (tertiary/aromatic N) is 4. The second-order valence-electron chi connectivity index (χ2n) is 6.64. The Morgan fingerprint density at radius 1 is 1.04 bits per heavy atom. The number of pyridine rings is 1. The van der Waals surface area contributed by atoms with E-state index in [0.29, 0.717) is 5.16 Å². The number of nitrogens with one attached hydrogen (secondary N) is 1. The highest BCUT2D eigenvalue weighted by Crippen LogP contribution is 2.30. The van der Waals surface area contributed by atoms with Crippen LogP contribution in [0.5, 0.6) is 0 Å². The van der Waals surface area contributed by atoms with Crippen molar-refractivity contribution in [1.29, 1.82) is 0 Å². The van der Waals surface area contributed by atoms with Gasteiger partial charge in [-0.25, -0.2) is 0 Å². The van der Waals surface area contributed by atoms with Crippen LogP contribution in [0.1, 0.15) is 26.3 Å². The van der Waals surface area contributed by atoms with Crippen molar-refractivity contribution < 1.29 is 4.79 Å². The van der Waals surface area contributed by atoms with Crippen LogP contribution in [-0.4, -0.2) is 36.9 Å². The van der Waals surface area contributed by atoms with Gasteiger partial charge in [-0.1, -0.05) is 29.5 Å². The van der Waals surface area contributed by atoms with E-state index < -0.39 is 0 Å². The molecular weight excluding hydrogens is 358 g/mol. The molecule has 3 rings (SSSR count). The molecule has 1 N–H and O–H groups in total. The average molecular weight is 382 g/mol. The Balaban J connectivity index is 2.00. The van der Waals surface area contributed by atoms with E-state index in [2.05, 4.69) is 32.6 Å². The van der Waals surface area contributed by atoms with E-state index in [-0.39, 0.29) is 17.2 Å². The Hall–Kier alpha value is -2.67. The molecule has 0 aliphatic rings. The second kappa shape index (κ2) is 8.35. The van der Waals surface area contributed by atoms with Crippen molar-refractivity contribution in [2.24, 2.45) is 0 Å². The van der Waals surface area contributed by atoms with Gasteiger partial charge in [-0.3, -0.25) is 14.3 Å². The highest BCUT2D eigenvalue weighted by molar-refractivity contribution is 8.00. The molecule has 2 heterocycles. The van der Waals surface area contributed by atoms with Crippen LogP contribution in [0.25, 0.3) is 17.1 Å². The minimum absolute atomic E-state index is 0.0149. The molecule has 2 aromatic heterocycles. The van der Waals surface area contributed by atoms with Gasteiger partial charge < -0.3 is 5.32 Å². The molecule has 1 atom stereocenters. The molecular formula is C20H23N5OS. The largest absolute Gasteiger partial charge is 0.353 e. The van der Waals surface area contributed by atoms with Crippen LogP contribution in [0.4, 0.5) is 0 Å². The summed E-state index contributed by atoms with van der Waals surface area (Å²) in [4.78, 5) is 16.4. The van der Waals surface area contributed by atoms with E-state index in [1.807, 2.05) is 56.5 Å². The fourth-order valence-electron chi connectivity index (χ4n) is 2.57. The van der Waals surface area contributed by atoms with E-state index in [1.54, 1.807) is 12.4 Å². The van der Waals surface area contributed by atoms with Crippen LogP contribution in [0.2, 0.25) is 0 Å². The van der Waals surface area contributed by atoms with E-state index in [9.17, 15) is 4.79 Å². The molecule has 1 unspecified atom stereocenters. The van der Waals surface area contributed by atoms with Gasteiger partial charge in [0.05, 0.1) is 5.25 Å². The van der Waals surface area contributed by atoms with Gasteiger partial charge in [-0.15, -0.1) is 10.2 Å². The molecule has 0 spiro atoms. The van der Waals surface area contributed by atoms with Crippen molar-refractivity contribution in [3.8, 4) is 17.1 Å². The van der Waals surface area contributed by atoms with Crippen molar-refractivity contribution in [2.75, 3.05) is 0 Å². The summed E-state index contributed by atoms with van der Waals surface area (Å²) in [6.45, 7) is 7.83. The van der Waals surface area contributed by atoms with Crippen LogP contribution in [0.15, 0.2) is 53.9 Å². The number of hydrogen-bond donors (Lipinski definition) is 1. The Labute approximate surface area is 163 Å². The third kappa shape index (κ3) is 4.54. The maximum atomic E-state index is 12.3.